The van der Waals surface area contributed by atoms with E-state index in [4.69, 9.17) is 0 Å². The molecule has 0 spiro atoms. The lowest BCUT2D eigenvalue weighted by Crippen LogP contribution is -2.45. The highest BCUT2D eigenvalue weighted by Crippen LogP contribution is 2.27. The molecule has 2 aliphatic rings. The summed E-state index contributed by atoms with van der Waals surface area (Å²) in [6.45, 7) is 4.34. The van der Waals surface area contributed by atoms with Crippen LogP contribution in [0.3, 0.4) is 0 Å². The average Bonchev–Trinajstić information content (AvgIpc) is 3.10. The lowest BCUT2D eigenvalue weighted by atomic mass is 9.99. The molecule has 3 rings (SSSR count). The molecule has 25 heavy (non-hydrogen) atoms. The van der Waals surface area contributed by atoms with Crippen molar-refractivity contribution in [3.05, 3.63) is 29.3 Å². The molecule has 2 heterocycles. The number of carbonyl (C=O) groups is 2. The summed E-state index contributed by atoms with van der Waals surface area (Å²) < 4.78 is 0. The number of carbonyl (C=O) groups excluding carboxylic acids is 2. The van der Waals surface area contributed by atoms with Crippen molar-refractivity contribution in [2.75, 3.05) is 25.0 Å². The van der Waals surface area contributed by atoms with Gasteiger partial charge in [-0.15, -0.1) is 0 Å². The van der Waals surface area contributed by atoms with Crippen LogP contribution in [0.1, 0.15) is 50.2 Å². The van der Waals surface area contributed by atoms with Gasteiger partial charge in [0, 0.05) is 38.8 Å². The van der Waals surface area contributed by atoms with Crippen molar-refractivity contribution in [2.24, 2.45) is 0 Å². The van der Waals surface area contributed by atoms with E-state index in [0.29, 0.717) is 19.5 Å². The number of nitrogens with zero attached hydrogens (tertiary/aromatic N) is 2. The van der Waals surface area contributed by atoms with Gasteiger partial charge in [0.1, 0.15) is 6.04 Å². The van der Waals surface area contributed by atoms with Gasteiger partial charge in [0.25, 0.3) is 0 Å². The molecule has 0 radical (unpaired) electrons. The van der Waals surface area contributed by atoms with Crippen molar-refractivity contribution >= 4 is 17.5 Å². The first kappa shape index (κ1) is 17.8. The zero-order chi connectivity index (χ0) is 17.8. The third-order valence-electron chi connectivity index (χ3n) is 5.30. The Morgan fingerprint density at radius 2 is 2.08 bits per heavy atom. The molecule has 2 aliphatic heterocycles. The molecule has 0 aliphatic carbocycles. The Balaban J connectivity index is 1.59. The molecule has 136 valence electrons. The van der Waals surface area contributed by atoms with Gasteiger partial charge in [0.15, 0.2) is 0 Å². The minimum absolute atomic E-state index is 0.0169. The van der Waals surface area contributed by atoms with Crippen molar-refractivity contribution in [1.82, 2.24) is 10.2 Å². The van der Waals surface area contributed by atoms with E-state index >= 15 is 0 Å². The Hall–Kier alpha value is -2.04. The van der Waals surface area contributed by atoms with E-state index in [1.54, 1.807) is 4.90 Å². The number of fused-ring (bicyclic) bond motifs is 1. The fourth-order valence-electron chi connectivity index (χ4n) is 3.95. The van der Waals surface area contributed by atoms with Crippen LogP contribution in [-0.2, 0) is 22.6 Å². The Kier molecular flexibility index (Phi) is 5.61. The average molecular weight is 343 g/mol. The fourth-order valence-corrected chi connectivity index (χ4v) is 3.95. The molecule has 1 aromatic carbocycles. The van der Waals surface area contributed by atoms with Crippen LogP contribution in [0.25, 0.3) is 0 Å². The molecule has 0 aromatic heterocycles. The van der Waals surface area contributed by atoms with Crippen LogP contribution in [0.5, 0.6) is 0 Å². The summed E-state index contributed by atoms with van der Waals surface area (Å²) in [6.07, 6.45) is 5.32. The first-order valence-corrected chi connectivity index (χ1v) is 9.50. The van der Waals surface area contributed by atoms with E-state index in [-0.39, 0.29) is 17.9 Å². The number of benzene rings is 1. The van der Waals surface area contributed by atoms with E-state index < -0.39 is 0 Å². The molecule has 0 bridgehead atoms. The van der Waals surface area contributed by atoms with Gasteiger partial charge in [-0.25, -0.2) is 0 Å². The summed E-state index contributed by atoms with van der Waals surface area (Å²) in [4.78, 5) is 28.8. The van der Waals surface area contributed by atoms with Gasteiger partial charge < -0.3 is 15.1 Å². The summed E-state index contributed by atoms with van der Waals surface area (Å²) in [5.41, 5.74) is 3.79. The largest absolute Gasteiger partial charge is 0.374 e. The summed E-state index contributed by atoms with van der Waals surface area (Å²) in [6, 6.07) is 6.17. The maximum Gasteiger partial charge on any atom is 0.243 e. The molecule has 0 unspecified atom stereocenters. The molecule has 1 aromatic rings. The second kappa shape index (κ2) is 7.89. The fraction of sp³-hybridized carbons (Fsp3) is 0.600. The normalized spacial score (nSPS) is 19.7. The second-order valence-electron chi connectivity index (χ2n) is 7.20. The first-order valence-electron chi connectivity index (χ1n) is 9.50. The van der Waals surface area contributed by atoms with Crippen molar-refractivity contribution in [3.63, 3.8) is 0 Å². The van der Waals surface area contributed by atoms with Crippen LogP contribution in [-0.4, -0.2) is 42.9 Å². The van der Waals surface area contributed by atoms with Gasteiger partial charge in [0.2, 0.25) is 11.8 Å². The zero-order valence-corrected chi connectivity index (χ0v) is 15.4. The SMILES string of the molecule is CCCC(=O)N1CCC[C@@H]1C(=O)NCc1ccc2c(c1)CCCN2C. The Bertz CT molecular complexity index is 644. The highest BCUT2D eigenvalue weighted by Gasteiger charge is 2.33. The number of anilines is 1. The van der Waals surface area contributed by atoms with Gasteiger partial charge in [-0.1, -0.05) is 19.1 Å². The minimum atomic E-state index is -0.289. The molecule has 1 atom stereocenters. The molecule has 1 N–H and O–H groups in total. The molecule has 0 saturated carbocycles. The number of hydrogen-bond donors (Lipinski definition) is 1. The molecule has 5 heteroatoms. The number of rotatable bonds is 5. The van der Waals surface area contributed by atoms with E-state index in [2.05, 4.69) is 35.5 Å². The van der Waals surface area contributed by atoms with Gasteiger partial charge in [-0.3, -0.25) is 9.59 Å². The van der Waals surface area contributed by atoms with Crippen LogP contribution in [0.4, 0.5) is 5.69 Å². The van der Waals surface area contributed by atoms with E-state index in [0.717, 1.165) is 37.8 Å². The van der Waals surface area contributed by atoms with Gasteiger partial charge in [0.05, 0.1) is 0 Å². The van der Waals surface area contributed by atoms with Gasteiger partial charge in [-0.2, -0.15) is 0 Å². The zero-order valence-electron chi connectivity index (χ0n) is 15.4. The van der Waals surface area contributed by atoms with Crippen LogP contribution >= 0.6 is 0 Å². The third kappa shape index (κ3) is 3.97. The smallest absolute Gasteiger partial charge is 0.243 e. The second-order valence-corrected chi connectivity index (χ2v) is 7.20. The first-order chi connectivity index (χ1) is 12.1. The maximum absolute atomic E-state index is 12.6. The molecule has 1 fully saturated rings. The summed E-state index contributed by atoms with van der Waals surface area (Å²) >= 11 is 0. The Morgan fingerprint density at radius 3 is 2.88 bits per heavy atom. The summed E-state index contributed by atoms with van der Waals surface area (Å²) in [7, 11) is 2.13. The van der Waals surface area contributed by atoms with Gasteiger partial charge >= 0.3 is 0 Å². The Labute approximate surface area is 150 Å². The van der Waals surface area contributed by atoms with Crippen LogP contribution < -0.4 is 10.2 Å². The van der Waals surface area contributed by atoms with Crippen LogP contribution in [0.15, 0.2) is 18.2 Å². The quantitative estimate of drug-likeness (QED) is 0.894. The van der Waals surface area contributed by atoms with Crippen molar-refractivity contribution in [1.29, 1.82) is 0 Å². The molecule has 2 amide bonds. The topological polar surface area (TPSA) is 52.7 Å². The molecule has 1 saturated heterocycles. The lowest BCUT2D eigenvalue weighted by Gasteiger charge is -2.28. The monoisotopic (exact) mass is 343 g/mol. The third-order valence-corrected chi connectivity index (χ3v) is 5.30. The number of aryl methyl sites for hydroxylation is 1. The number of amides is 2. The lowest BCUT2D eigenvalue weighted by molar-refractivity contribution is -0.138. The van der Waals surface area contributed by atoms with E-state index in [1.807, 2.05) is 6.92 Å². The van der Waals surface area contributed by atoms with E-state index in [9.17, 15) is 9.59 Å². The van der Waals surface area contributed by atoms with Crippen LogP contribution in [0.2, 0.25) is 0 Å². The minimum Gasteiger partial charge on any atom is -0.374 e. The van der Waals surface area contributed by atoms with Gasteiger partial charge in [-0.05, 0) is 49.3 Å². The highest BCUT2D eigenvalue weighted by atomic mass is 16.2. The number of likely N-dealkylation sites (tertiary alicyclic amines) is 1. The summed E-state index contributed by atoms with van der Waals surface area (Å²) in [5.74, 6) is 0.0914. The Morgan fingerprint density at radius 1 is 1.24 bits per heavy atom. The number of hydrogen-bond acceptors (Lipinski definition) is 3. The maximum atomic E-state index is 12.6. The molecular weight excluding hydrogens is 314 g/mol. The molecular formula is C20H29N3O2. The predicted octanol–water partition coefficient (Wildman–Crippen LogP) is 2.48. The summed E-state index contributed by atoms with van der Waals surface area (Å²) in [5, 5.41) is 3.04. The van der Waals surface area contributed by atoms with Crippen LogP contribution in [0, 0.1) is 0 Å². The standard InChI is InChI=1S/C20H29N3O2/c1-3-6-19(24)23-12-5-8-18(23)20(25)21-14-15-9-10-17-16(13-15)7-4-11-22(17)2/h9-10,13,18H,3-8,11-12,14H2,1-2H3,(H,21,25)/t18-/m1/s1. The van der Waals surface area contributed by atoms with Crippen molar-refractivity contribution < 1.29 is 9.59 Å². The highest BCUT2D eigenvalue weighted by molar-refractivity contribution is 5.88. The predicted molar refractivity (Wildman–Crippen MR) is 99.5 cm³/mol. The van der Waals surface area contributed by atoms with Crippen molar-refractivity contribution in [3.8, 4) is 0 Å². The van der Waals surface area contributed by atoms with Crippen molar-refractivity contribution in [2.45, 2.75) is 58.0 Å². The van der Waals surface area contributed by atoms with E-state index in [1.165, 1.54) is 17.7 Å². The number of nitrogens with one attached hydrogen (secondary N) is 1. The molecule has 5 nitrogen and oxygen atoms in total.